The number of piperidine rings is 1. The van der Waals surface area contributed by atoms with Crippen LogP contribution in [0.1, 0.15) is 59.7 Å². The van der Waals surface area contributed by atoms with Gasteiger partial charge < -0.3 is 15.0 Å². The number of nitrogens with zero attached hydrogens (tertiary/aromatic N) is 4. The topological polar surface area (TPSA) is 96.8 Å². The molecular weight excluding hydrogens is 717 g/mol. The normalized spacial score (nSPS) is 15.5. The molecule has 0 radical (unpaired) electrons. The number of aryl methyl sites for hydroxylation is 1. The summed E-state index contributed by atoms with van der Waals surface area (Å²) in [5.41, 5.74) is 7.48. The van der Waals surface area contributed by atoms with E-state index in [9.17, 15) is 13.2 Å². The Balaban J connectivity index is 1.14. The van der Waals surface area contributed by atoms with Crippen molar-refractivity contribution >= 4 is 39.2 Å². The van der Waals surface area contributed by atoms with E-state index in [0.717, 1.165) is 90.7 Å². The number of benzene rings is 3. The number of hydrogen-bond donors (Lipinski definition) is 1. The number of hydrogen-bond acceptors (Lipinski definition) is 7. The van der Waals surface area contributed by atoms with Crippen LogP contribution in [-0.4, -0.2) is 72.4 Å². The lowest BCUT2D eigenvalue weighted by Gasteiger charge is -2.30. The maximum Gasteiger partial charge on any atom is 0.309 e. The summed E-state index contributed by atoms with van der Waals surface area (Å²) in [7, 11) is -3.38. The molecule has 1 fully saturated rings. The smallest absolute Gasteiger partial charge is 0.309 e. The molecule has 0 spiro atoms. The van der Waals surface area contributed by atoms with E-state index in [1.165, 1.54) is 16.1 Å². The first-order chi connectivity index (χ1) is 25.1. The molecule has 9 nitrogen and oxygen atoms in total. The summed E-state index contributed by atoms with van der Waals surface area (Å²) in [4.78, 5) is 14.6. The highest BCUT2D eigenvalue weighted by atomic mass is 35.5. The van der Waals surface area contributed by atoms with Crippen LogP contribution >= 0.6 is 23.2 Å². The van der Waals surface area contributed by atoms with Gasteiger partial charge in [0, 0.05) is 72.1 Å². The molecule has 0 unspecified atom stereocenters. The van der Waals surface area contributed by atoms with E-state index in [2.05, 4.69) is 38.9 Å². The maximum atomic E-state index is 12.6. The van der Waals surface area contributed by atoms with Gasteiger partial charge in [-0.15, -0.1) is 0 Å². The number of aromatic nitrogens is 2. The SMILES string of the molecule is CCOC(=O)C1CCN(CCCn2nc(-c3ccc(Cl)c(C#Cc4ccc(CNCc5ccc(Cl)cc5)cc4)c3)c3c2CCN(S(C)(=O)=O)C3)CC1. The predicted octanol–water partition coefficient (Wildman–Crippen LogP) is 6.53. The lowest BCUT2D eigenvalue weighted by Crippen LogP contribution is -2.38. The third-order valence-electron chi connectivity index (χ3n) is 9.73. The summed E-state index contributed by atoms with van der Waals surface area (Å²) in [5.74, 6) is 6.41. The third kappa shape index (κ3) is 9.84. The molecular formula is C40H45Cl2N5O4S. The minimum Gasteiger partial charge on any atom is -0.466 e. The van der Waals surface area contributed by atoms with Crippen LogP contribution in [0.4, 0.5) is 0 Å². The maximum absolute atomic E-state index is 12.6. The molecule has 1 saturated heterocycles. The Morgan fingerprint density at radius 1 is 0.942 bits per heavy atom. The summed E-state index contributed by atoms with van der Waals surface area (Å²) in [6, 6.07) is 21.7. The van der Waals surface area contributed by atoms with Gasteiger partial charge in [0.25, 0.3) is 0 Å². The summed E-state index contributed by atoms with van der Waals surface area (Å²) < 4.78 is 34.0. The molecule has 2 aliphatic rings. The number of carbonyl (C=O) groups excluding carboxylic acids is 1. The number of carbonyl (C=O) groups is 1. The summed E-state index contributed by atoms with van der Waals surface area (Å²) in [6.07, 6.45) is 4.37. The van der Waals surface area contributed by atoms with E-state index in [1.807, 2.05) is 61.5 Å². The van der Waals surface area contributed by atoms with E-state index >= 15 is 0 Å². The van der Waals surface area contributed by atoms with Gasteiger partial charge in [-0.2, -0.15) is 9.40 Å². The van der Waals surface area contributed by atoms with Gasteiger partial charge in [0.05, 0.1) is 29.5 Å². The van der Waals surface area contributed by atoms with E-state index in [0.29, 0.717) is 36.7 Å². The molecule has 2 aliphatic heterocycles. The largest absolute Gasteiger partial charge is 0.466 e. The molecule has 3 aromatic carbocycles. The number of ether oxygens (including phenoxy) is 1. The van der Waals surface area contributed by atoms with Crippen molar-refractivity contribution in [1.29, 1.82) is 0 Å². The highest BCUT2D eigenvalue weighted by Crippen LogP contribution is 2.33. The fraction of sp³-hybridized carbons (Fsp3) is 0.400. The zero-order chi connectivity index (χ0) is 36.7. The van der Waals surface area contributed by atoms with Gasteiger partial charge >= 0.3 is 5.97 Å². The van der Waals surface area contributed by atoms with Crippen LogP contribution in [0.2, 0.25) is 10.0 Å². The first kappa shape index (κ1) is 38.0. The lowest BCUT2D eigenvalue weighted by molar-refractivity contribution is -0.149. The van der Waals surface area contributed by atoms with Gasteiger partial charge in [-0.25, -0.2) is 8.42 Å². The van der Waals surface area contributed by atoms with Crippen LogP contribution in [-0.2, 0) is 52.2 Å². The van der Waals surface area contributed by atoms with E-state index in [-0.39, 0.29) is 18.4 Å². The van der Waals surface area contributed by atoms with E-state index < -0.39 is 10.0 Å². The molecule has 4 aromatic rings. The van der Waals surface area contributed by atoms with Gasteiger partial charge in [-0.3, -0.25) is 9.48 Å². The second kappa shape index (κ2) is 17.4. The Morgan fingerprint density at radius 2 is 1.63 bits per heavy atom. The molecule has 0 saturated carbocycles. The molecule has 0 aliphatic carbocycles. The summed E-state index contributed by atoms with van der Waals surface area (Å²) >= 11 is 12.6. The Morgan fingerprint density at radius 3 is 2.31 bits per heavy atom. The molecule has 3 heterocycles. The van der Waals surface area contributed by atoms with Crippen molar-refractivity contribution in [2.24, 2.45) is 5.92 Å². The Labute approximate surface area is 317 Å². The van der Waals surface area contributed by atoms with Crippen molar-refractivity contribution in [3.63, 3.8) is 0 Å². The fourth-order valence-electron chi connectivity index (χ4n) is 6.83. The number of fused-ring (bicyclic) bond motifs is 1. The van der Waals surface area contributed by atoms with Gasteiger partial charge in [0.2, 0.25) is 10.0 Å². The second-order valence-electron chi connectivity index (χ2n) is 13.4. The molecule has 1 aromatic heterocycles. The first-order valence-electron chi connectivity index (χ1n) is 17.9. The van der Waals surface area contributed by atoms with Gasteiger partial charge in [0.1, 0.15) is 0 Å². The number of nitrogens with one attached hydrogen (secondary N) is 1. The molecule has 6 rings (SSSR count). The van der Waals surface area contributed by atoms with Crippen molar-refractivity contribution < 1.29 is 17.9 Å². The van der Waals surface area contributed by atoms with Crippen LogP contribution in [0.3, 0.4) is 0 Å². The number of halogens is 2. The van der Waals surface area contributed by atoms with Crippen molar-refractivity contribution in [2.45, 2.75) is 58.8 Å². The number of rotatable bonds is 12. The van der Waals surface area contributed by atoms with Gasteiger partial charge in [-0.05, 0) is 93.3 Å². The monoisotopic (exact) mass is 761 g/mol. The Hall–Kier alpha value is -3.69. The highest BCUT2D eigenvalue weighted by molar-refractivity contribution is 7.88. The molecule has 52 heavy (non-hydrogen) atoms. The Kier molecular flexibility index (Phi) is 12.7. The molecule has 12 heteroatoms. The minimum atomic E-state index is -3.38. The molecule has 274 valence electrons. The number of esters is 1. The summed E-state index contributed by atoms with van der Waals surface area (Å²) in [6.45, 7) is 7.80. The fourth-order valence-corrected chi connectivity index (χ4v) is 7.91. The first-order valence-corrected chi connectivity index (χ1v) is 20.5. The number of sulfonamides is 1. The quantitative estimate of drug-likeness (QED) is 0.130. The van der Waals surface area contributed by atoms with Gasteiger partial charge in [0.15, 0.2) is 0 Å². The number of likely N-dealkylation sites (tertiary alicyclic amines) is 1. The van der Waals surface area contributed by atoms with E-state index in [4.69, 9.17) is 33.0 Å². The predicted molar refractivity (Wildman–Crippen MR) is 206 cm³/mol. The minimum absolute atomic E-state index is 0.0106. The standard InChI is InChI=1S/C40H45Cl2N5O4S/c1-3-51-40(48)32-17-22-45(23-18-32)20-4-21-47-38-19-24-46(52(2,49)50)28-36(38)39(44-47)34-13-16-37(42)33(25-34)12-9-29-5-7-30(8-6-29)26-43-27-31-10-14-35(41)15-11-31/h5-8,10-11,13-16,25,32,43H,3-4,17-24,26-28H2,1-2H3. The van der Waals surface area contributed by atoms with Crippen LogP contribution in [0.25, 0.3) is 11.3 Å². The van der Waals surface area contributed by atoms with Crippen LogP contribution in [0.5, 0.6) is 0 Å². The average molecular weight is 763 g/mol. The lowest BCUT2D eigenvalue weighted by atomic mass is 9.97. The molecule has 1 N–H and O–H groups in total. The van der Waals surface area contributed by atoms with Gasteiger partial charge in [-0.1, -0.05) is 65.4 Å². The van der Waals surface area contributed by atoms with Crippen molar-refractivity contribution in [3.05, 3.63) is 110 Å². The Bertz CT molecular complexity index is 2030. The zero-order valence-electron chi connectivity index (χ0n) is 29.7. The molecule has 0 bridgehead atoms. The molecule has 0 atom stereocenters. The van der Waals surface area contributed by atoms with Crippen molar-refractivity contribution in [1.82, 2.24) is 24.3 Å². The second-order valence-corrected chi connectivity index (χ2v) is 16.3. The van der Waals surface area contributed by atoms with Crippen LogP contribution < -0.4 is 5.32 Å². The molecule has 0 amide bonds. The van der Waals surface area contributed by atoms with Crippen LogP contribution in [0, 0.1) is 17.8 Å². The van der Waals surface area contributed by atoms with Crippen molar-refractivity contribution in [2.75, 3.05) is 39.0 Å². The average Bonchev–Trinajstić information content (AvgIpc) is 3.50. The van der Waals surface area contributed by atoms with E-state index in [1.54, 1.807) is 0 Å². The highest BCUT2D eigenvalue weighted by Gasteiger charge is 2.30. The van der Waals surface area contributed by atoms with Crippen LogP contribution in [0.15, 0.2) is 66.7 Å². The third-order valence-corrected chi connectivity index (χ3v) is 11.6. The summed E-state index contributed by atoms with van der Waals surface area (Å²) in [5, 5.41) is 9.80. The zero-order valence-corrected chi connectivity index (χ0v) is 32.0. The van der Waals surface area contributed by atoms with Crippen molar-refractivity contribution in [3.8, 4) is 23.1 Å².